The topological polar surface area (TPSA) is 46.2 Å². The van der Waals surface area contributed by atoms with E-state index >= 15 is 0 Å². The van der Waals surface area contributed by atoms with Gasteiger partial charge in [-0.1, -0.05) is 25.5 Å². The maximum absolute atomic E-state index is 13.6. The summed E-state index contributed by atoms with van der Waals surface area (Å²) in [6, 6.07) is 7.78. The van der Waals surface area contributed by atoms with Crippen LogP contribution >= 0.6 is 0 Å². The van der Waals surface area contributed by atoms with E-state index < -0.39 is 32.4 Å². The highest BCUT2D eigenvalue weighted by atomic mass is 32.2. The van der Waals surface area contributed by atoms with E-state index in [4.69, 9.17) is 0 Å². The summed E-state index contributed by atoms with van der Waals surface area (Å²) < 4.78 is 65.9. The predicted octanol–water partition coefficient (Wildman–Crippen LogP) is 3.86. The Morgan fingerprint density at radius 1 is 0.955 bits per heavy atom. The molecule has 0 aliphatic rings. The fourth-order valence-electron chi connectivity index (χ4n) is 1.95. The molecule has 0 aromatic heterocycles. The van der Waals surface area contributed by atoms with E-state index in [1.54, 1.807) is 12.1 Å². The summed E-state index contributed by atoms with van der Waals surface area (Å²) in [5.41, 5.74) is 1.24. The Morgan fingerprint density at radius 2 is 1.59 bits per heavy atom. The van der Waals surface area contributed by atoms with E-state index in [1.165, 1.54) is 12.1 Å². The van der Waals surface area contributed by atoms with Crippen molar-refractivity contribution in [2.24, 2.45) is 0 Å². The first-order valence-electron chi connectivity index (χ1n) is 6.60. The SMILES string of the molecule is CCCc1ccc(NS(=O)(=O)c2ccc(F)c(F)c2F)cc1. The van der Waals surface area contributed by atoms with Gasteiger partial charge in [0, 0.05) is 5.69 Å². The Hall–Kier alpha value is -2.02. The molecule has 22 heavy (non-hydrogen) atoms. The number of rotatable bonds is 5. The van der Waals surface area contributed by atoms with Gasteiger partial charge in [0.15, 0.2) is 17.5 Å². The van der Waals surface area contributed by atoms with E-state index in [9.17, 15) is 21.6 Å². The lowest BCUT2D eigenvalue weighted by molar-refractivity contribution is 0.432. The molecule has 2 rings (SSSR count). The quantitative estimate of drug-likeness (QED) is 0.847. The molecule has 0 saturated carbocycles. The molecule has 7 heteroatoms. The summed E-state index contributed by atoms with van der Waals surface area (Å²) in [5, 5.41) is 0. The second kappa shape index (κ2) is 6.39. The molecule has 118 valence electrons. The molecule has 0 spiro atoms. The highest BCUT2D eigenvalue weighted by Crippen LogP contribution is 2.22. The molecule has 0 radical (unpaired) electrons. The molecule has 0 unspecified atom stereocenters. The fraction of sp³-hybridized carbons (Fsp3) is 0.200. The summed E-state index contributed by atoms with van der Waals surface area (Å²) in [7, 11) is -4.34. The second-order valence-electron chi connectivity index (χ2n) is 4.73. The van der Waals surface area contributed by atoms with Gasteiger partial charge in [0.1, 0.15) is 4.90 Å². The van der Waals surface area contributed by atoms with E-state index in [0.717, 1.165) is 18.4 Å². The first-order valence-corrected chi connectivity index (χ1v) is 8.08. The number of anilines is 1. The molecule has 2 aromatic carbocycles. The molecule has 0 aliphatic carbocycles. The van der Waals surface area contributed by atoms with Crippen LogP contribution in [0, 0.1) is 17.5 Å². The number of hydrogen-bond donors (Lipinski definition) is 1. The molecule has 0 atom stereocenters. The Balaban J connectivity index is 2.30. The van der Waals surface area contributed by atoms with Gasteiger partial charge < -0.3 is 0 Å². The molecular weight excluding hydrogens is 315 g/mol. The van der Waals surface area contributed by atoms with E-state index in [-0.39, 0.29) is 5.69 Å². The standard InChI is InChI=1S/C15H14F3NO2S/c1-2-3-10-4-6-11(7-5-10)19-22(20,21)13-9-8-12(16)14(17)15(13)18/h4-9,19H,2-3H2,1H3. The van der Waals surface area contributed by atoms with Crippen molar-refractivity contribution >= 4 is 15.7 Å². The Morgan fingerprint density at radius 3 is 2.18 bits per heavy atom. The molecule has 2 aromatic rings. The van der Waals surface area contributed by atoms with Crippen molar-refractivity contribution in [3.05, 3.63) is 59.4 Å². The number of benzene rings is 2. The predicted molar refractivity (Wildman–Crippen MR) is 77.6 cm³/mol. The first-order chi connectivity index (χ1) is 10.3. The molecule has 0 amide bonds. The van der Waals surface area contributed by atoms with Crippen LogP contribution in [0.3, 0.4) is 0 Å². The first kappa shape index (κ1) is 16.4. The van der Waals surface area contributed by atoms with Crippen LogP contribution in [0.1, 0.15) is 18.9 Å². The minimum absolute atomic E-state index is 0.212. The minimum Gasteiger partial charge on any atom is -0.280 e. The highest BCUT2D eigenvalue weighted by Gasteiger charge is 2.24. The molecule has 0 aliphatic heterocycles. The zero-order valence-electron chi connectivity index (χ0n) is 11.7. The second-order valence-corrected chi connectivity index (χ2v) is 6.38. The van der Waals surface area contributed by atoms with Crippen molar-refractivity contribution in [2.75, 3.05) is 4.72 Å². The summed E-state index contributed by atoms with van der Waals surface area (Å²) in [6.45, 7) is 2.02. The zero-order chi connectivity index (χ0) is 16.3. The van der Waals surface area contributed by atoms with Crippen LogP contribution in [0.15, 0.2) is 41.3 Å². The molecule has 0 heterocycles. The maximum Gasteiger partial charge on any atom is 0.264 e. The third-order valence-corrected chi connectivity index (χ3v) is 4.43. The van der Waals surface area contributed by atoms with Crippen molar-refractivity contribution in [3.8, 4) is 0 Å². The summed E-state index contributed by atoms with van der Waals surface area (Å²) in [5.74, 6) is -5.00. The smallest absolute Gasteiger partial charge is 0.264 e. The van der Waals surface area contributed by atoms with Crippen molar-refractivity contribution in [1.82, 2.24) is 0 Å². The van der Waals surface area contributed by atoms with Gasteiger partial charge in [-0.25, -0.2) is 21.6 Å². The lowest BCUT2D eigenvalue weighted by Crippen LogP contribution is -2.15. The fourth-order valence-corrected chi connectivity index (χ4v) is 3.08. The van der Waals surface area contributed by atoms with Crippen molar-refractivity contribution in [3.63, 3.8) is 0 Å². The van der Waals surface area contributed by atoms with Crippen molar-refractivity contribution in [1.29, 1.82) is 0 Å². The summed E-state index contributed by atoms with van der Waals surface area (Å²) in [6.07, 6.45) is 1.80. The molecule has 0 bridgehead atoms. The van der Waals surface area contributed by atoms with Gasteiger partial charge in [0.05, 0.1) is 0 Å². The van der Waals surface area contributed by atoms with Gasteiger partial charge in [-0.2, -0.15) is 0 Å². The number of aryl methyl sites for hydroxylation is 1. The van der Waals surface area contributed by atoms with Crippen LogP contribution < -0.4 is 4.72 Å². The lowest BCUT2D eigenvalue weighted by Gasteiger charge is -2.10. The largest absolute Gasteiger partial charge is 0.280 e. The molecular formula is C15H14F3NO2S. The third kappa shape index (κ3) is 3.41. The van der Waals surface area contributed by atoms with Crippen molar-refractivity contribution in [2.45, 2.75) is 24.7 Å². The van der Waals surface area contributed by atoms with Crippen LogP contribution in [0.4, 0.5) is 18.9 Å². The van der Waals surface area contributed by atoms with E-state index in [0.29, 0.717) is 12.1 Å². The average Bonchev–Trinajstić information content (AvgIpc) is 2.46. The van der Waals surface area contributed by atoms with Crippen LogP contribution in [0.2, 0.25) is 0 Å². The zero-order valence-corrected chi connectivity index (χ0v) is 12.6. The Labute approximate surface area is 126 Å². The normalized spacial score (nSPS) is 11.5. The maximum atomic E-state index is 13.6. The van der Waals surface area contributed by atoms with Gasteiger partial charge in [-0.15, -0.1) is 0 Å². The minimum atomic E-state index is -4.34. The van der Waals surface area contributed by atoms with Crippen LogP contribution in [-0.4, -0.2) is 8.42 Å². The van der Waals surface area contributed by atoms with E-state index in [1.807, 2.05) is 6.92 Å². The van der Waals surface area contributed by atoms with Gasteiger partial charge in [-0.05, 0) is 36.2 Å². The lowest BCUT2D eigenvalue weighted by atomic mass is 10.1. The van der Waals surface area contributed by atoms with Gasteiger partial charge in [0.2, 0.25) is 0 Å². The Bertz CT molecular complexity index is 774. The van der Waals surface area contributed by atoms with Gasteiger partial charge >= 0.3 is 0 Å². The van der Waals surface area contributed by atoms with Crippen molar-refractivity contribution < 1.29 is 21.6 Å². The van der Waals surface area contributed by atoms with Crippen LogP contribution in [0.5, 0.6) is 0 Å². The number of hydrogen-bond acceptors (Lipinski definition) is 2. The summed E-state index contributed by atoms with van der Waals surface area (Å²) in [4.78, 5) is -0.941. The highest BCUT2D eigenvalue weighted by molar-refractivity contribution is 7.92. The van der Waals surface area contributed by atoms with Gasteiger partial charge in [0.25, 0.3) is 10.0 Å². The number of nitrogens with one attached hydrogen (secondary N) is 1. The van der Waals surface area contributed by atoms with Gasteiger partial charge in [-0.3, -0.25) is 4.72 Å². The molecule has 0 fully saturated rings. The molecule has 1 N–H and O–H groups in total. The van der Waals surface area contributed by atoms with E-state index in [2.05, 4.69) is 4.72 Å². The van der Waals surface area contributed by atoms with Crippen LogP contribution in [-0.2, 0) is 16.4 Å². The molecule has 0 saturated heterocycles. The summed E-state index contributed by atoms with van der Waals surface area (Å²) >= 11 is 0. The number of halogens is 3. The monoisotopic (exact) mass is 329 g/mol. The Kier molecular flexibility index (Phi) is 4.75. The molecule has 3 nitrogen and oxygen atoms in total. The number of sulfonamides is 1. The van der Waals surface area contributed by atoms with Crippen LogP contribution in [0.25, 0.3) is 0 Å². The average molecular weight is 329 g/mol. The third-order valence-electron chi connectivity index (χ3n) is 3.03.